The van der Waals surface area contributed by atoms with Gasteiger partial charge in [0, 0.05) is 17.7 Å². The number of ketones is 1. The molecule has 4 aromatic rings. The van der Waals surface area contributed by atoms with Crippen LogP contribution >= 0.6 is 11.3 Å². The molecule has 0 saturated carbocycles. The molecule has 0 aliphatic carbocycles. The highest BCUT2D eigenvalue weighted by atomic mass is 32.1. The number of carbonyl (C=O) groups excluding carboxylic acids is 2. The lowest BCUT2D eigenvalue weighted by atomic mass is 9.93. The molecular formula is C28H23N3O6S. The fraction of sp³-hybridized carbons (Fsp3) is 0.179. The molecule has 1 atom stereocenters. The van der Waals surface area contributed by atoms with Gasteiger partial charge in [0.2, 0.25) is 0 Å². The van der Waals surface area contributed by atoms with Crippen LogP contribution < -0.4 is 9.64 Å². The summed E-state index contributed by atoms with van der Waals surface area (Å²) in [7, 11) is 0. The zero-order valence-corrected chi connectivity index (χ0v) is 21.6. The van der Waals surface area contributed by atoms with Crippen molar-refractivity contribution in [1.29, 1.82) is 0 Å². The van der Waals surface area contributed by atoms with Crippen molar-refractivity contribution in [1.82, 2.24) is 4.98 Å². The molecule has 10 heteroatoms. The molecule has 1 amide bonds. The lowest BCUT2D eigenvalue weighted by molar-refractivity contribution is -0.384. The van der Waals surface area contributed by atoms with Crippen LogP contribution in [0.25, 0.3) is 16.0 Å². The van der Waals surface area contributed by atoms with Gasteiger partial charge in [-0.25, -0.2) is 4.98 Å². The minimum absolute atomic E-state index is 0.105. The molecule has 1 aromatic heterocycles. The number of aromatic nitrogens is 1. The number of ether oxygens (including phenoxy) is 1. The second-order valence-corrected chi connectivity index (χ2v) is 9.90. The zero-order chi connectivity index (χ0) is 27.1. The summed E-state index contributed by atoms with van der Waals surface area (Å²) in [5.74, 6) is -1.36. The summed E-state index contributed by atoms with van der Waals surface area (Å²) in [5, 5.41) is 22.9. The molecule has 0 bridgehead atoms. The minimum Gasteiger partial charge on any atom is -0.507 e. The van der Waals surface area contributed by atoms with E-state index in [1.807, 2.05) is 32.0 Å². The zero-order valence-electron chi connectivity index (χ0n) is 20.8. The van der Waals surface area contributed by atoms with Crippen LogP contribution in [0.2, 0.25) is 0 Å². The molecule has 192 valence electrons. The fourth-order valence-electron chi connectivity index (χ4n) is 4.51. The van der Waals surface area contributed by atoms with Crippen LogP contribution in [-0.4, -0.2) is 33.3 Å². The van der Waals surface area contributed by atoms with Gasteiger partial charge in [0.05, 0.1) is 33.4 Å². The molecule has 9 nitrogen and oxygen atoms in total. The van der Waals surface area contributed by atoms with E-state index in [1.165, 1.54) is 40.5 Å². The number of rotatable bonds is 6. The first kappa shape index (κ1) is 25.1. The number of thiazole rings is 1. The predicted molar refractivity (Wildman–Crippen MR) is 145 cm³/mol. The number of anilines is 1. The number of nitro groups is 1. The highest BCUT2D eigenvalue weighted by Gasteiger charge is 2.48. The second-order valence-electron chi connectivity index (χ2n) is 8.90. The lowest BCUT2D eigenvalue weighted by Crippen LogP contribution is -2.29. The van der Waals surface area contributed by atoms with Crippen molar-refractivity contribution in [3.63, 3.8) is 0 Å². The average Bonchev–Trinajstić information content (AvgIpc) is 3.43. The van der Waals surface area contributed by atoms with E-state index in [0.29, 0.717) is 29.0 Å². The molecular weight excluding hydrogens is 506 g/mol. The second kappa shape index (κ2) is 9.71. The van der Waals surface area contributed by atoms with E-state index in [4.69, 9.17) is 4.74 Å². The normalized spacial score (nSPS) is 16.8. The molecule has 1 fully saturated rings. The first-order valence-electron chi connectivity index (χ1n) is 11.9. The number of aliphatic hydroxyl groups excluding tert-OH is 1. The van der Waals surface area contributed by atoms with Crippen LogP contribution in [0.4, 0.5) is 10.8 Å². The summed E-state index contributed by atoms with van der Waals surface area (Å²) in [6.45, 7) is 6.03. The van der Waals surface area contributed by atoms with Crippen LogP contribution in [0.3, 0.4) is 0 Å². The first-order chi connectivity index (χ1) is 18.2. The minimum atomic E-state index is -1.04. The fourth-order valence-corrected chi connectivity index (χ4v) is 5.53. The van der Waals surface area contributed by atoms with Crippen molar-refractivity contribution in [2.45, 2.75) is 26.8 Å². The van der Waals surface area contributed by atoms with E-state index < -0.39 is 22.7 Å². The third kappa shape index (κ3) is 4.28. The van der Waals surface area contributed by atoms with Crippen molar-refractivity contribution < 1.29 is 24.4 Å². The molecule has 1 N–H and O–H groups in total. The predicted octanol–water partition coefficient (Wildman–Crippen LogP) is 5.85. The number of benzene rings is 3. The number of hydrogen-bond donors (Lipinski definition) is 1. The monoisotopic (exact) mass is 529 g/mol. The van der Waals surface area contributed by atoms with Gasteiger partial charge in [-0.05, 0) is 68.3 Å². The Bertz CT molecular complexity index is 1640. The van der Waals surface area contributed by atoms with E-state index in [9.17, 15) is 24.8 Å². The van der Waals surface area contributed by atoms with Gasteiger partial charge in [0.25, 0.3) is 11.5 Å². The Morgan fingerprint density at radius 2 is 1.84 bits per heavy atom. The van der Waals surface area contributed by atoms with Gasteiger partial charge in [0.1, 0.15) is 11.5 Å². The molecule has 38 heavy (non-hydrogen) atoms. The average molecular weight is 530 g/mol. The molecule has 0 spiro atoms. The molecule has 3 aromatic carbocycles. The number of amides is 1. The summed E-state index contributed by atoms with van der Waals surface area (Å²) >= 11 is 1.21. The van der Waals surface area contributed by atoms with Crippen molar-refractivity contribution in [2.24, 2.45) is 0 Å². The van der Waals surface area contributed by atoms with Gasteiger partial charge in [-0.2, -0.15) is 0 Å². The summed E-state index contributed by atoms with van der Waals surface area (Å²) in [6, 6.07) is 15.4. The quantitative estimate of drug-likeness (QED) is 0.109. The molecule has 1 aliphatic rings. The lowest BCUT2D eigenvalue weighted by Gasteiger charge is -2.23. The van der Waals surface area contributed by atoms with Gasteiger partial charge in [-0.1, -0.05) is 29.0 Å². The molecule has 5 rings (SSSR count). The van der Waals surface area contributed by atoms with E-state index in [-0.39, 0.29) is 22.2 Å². The van der Waals surface area contributed by atoms with E-state index in [2.05, 4.69) is 4.98 Å². The van der Waals surface area contributed by atoms with Gasteiger partial charge in [-0.15, -0.1) is 0 Å². The Hall–Kier alpha value is -4.57. The third-order valence-corrected chi connectivity index (χ3v) is 7.40. The van der Waals surface area contributed by atoms with Crippen LogP contribution in [-0.2, 0) is 9.59 Å². The van der Waals surface area contributed by atoms with Crippen LogP contribution in [0, 0.1) is 24.0 Å². The van der Waals surface area contributed by atoms with Crippen LogP contribution in [0.15, 0.2) is 66.2 Å². The Kier molecular flexibility index (Phi) is 6.41. The molecule has 1 unspecified atom stereocenters. The SMILES string of the molecule is CCOc1ccc2nc(N3C(=O)C(=O)/C(=C(/O)c4cc(C)ccc4C)C3c3ccc([N+](=O)[O-])cc3)sc2c1. The number of hydrogen-bond acceptors (Lipinski definition) is 8. The number of aryl methyl sites for hydroxylation is 2. The van der Waals surface area contributed by atoms with Crippen LogP contribution in [0.1, 0.15) is 35.2 Å². The number of Topliss-reactive ketones (excluding diaryl/α,β-unsaturated/α-hetero) is 1. The molecule has 2 heterocycles. The van der Waals surface area contributed by atoms with Gasteiger partial charge in [-0.3, -0.25) is 24.6 Å². The number of nitro benzene ring substituents is 1. The molecule has 1 aliphatic heterocycles. The van der Waals surface area contributed by atoms with Crippen molar-refractivity contribution in [3.05, 3.63) is 98.6 Å². The van der Waals surface area contributed by atoms with Gasteiger partial charge < -0.3 is 9.84 Å². The Morgan fingerprint density at radius 3 is 2.53 bits per heavy atom. The number of carbonyl (C=O) groups is 2. The maximum Gasteiger partial charge on any atom is 0.301 e. The van der Waals surface area contributed by atoms with Crippen molar-refractivity contribution >= 4 is 49.8 Å². The van der Waals surface area contributed by atoms with Gasteiger partial charge >= 0.3 is 5.91 Å². The number of fused-ring (bicyclic) bond motifs is 1. The van der Waals surface area contributed by atoms with E-state index in [1.54, 1.807) is 25.1 Å². The van der Waals surface area contributed by atoms with Crippen LogP contribution in [0.5, 0.6) is 5.75 Å². The standard InChI is InChI=1S/C28H23N3O6S/c1-4-37-19-11-12-21-22(14-19)38-28(29-21)30-24(17-7-9-18(10-8-17)31(35)36)23(26(33)27(30)34)25(32)20-13-15(2)5-6-16(20)3/h5-14,24,32H,4H2,1-3H3/b25-23+. The molecule has 1 saturated heterocycles. The van der Waals surface area contributed by atoms with Gasteiger partial charge in [0.15, 0.2) is 5.13 Å². The Labute approximate surface area is 221 Å². The summed E-state index contributed by atoms with van der Waals surface area (Å²) < 4.78 is 6.33. The number of nitrogens with zero attached hydrogens (tertiary/aromatic N) is 3. The largest absolute Gasteiger partial charge is 0.507 e. The number of aliphatic hydroxyl groups is 1. The van der Waals surface area contributed by atoms with E-state index >= 15 is 0 Å². The maximum atomic E-state index is 13.5. The maximum absolute atomic E-state index is 13.5. The summed E-state index contributed by atoms with van der Waals surface area (Å²) in [5.41, 5.74) is 2.83. The molecule has 0 radical (unpaired) electrons. The smallest absolute Gasteiger partial charge is 0.301 e. The summed E-state index contributed by atoms with van der Waals surface area (Å²) in [6.07, 6.45) is 0. The Balaban J connectivity index is 1.72. The Morgan fingerprint density at radius 1 is 1.11 bits per heavy atom. The van der Waals surface area contributed by atoms with Crippen molar-refractivity contribution in [2.75, 3.05) is 11.5 Å². The topological polar surface area (TPSA) is 123 Å². The first-order valence-corrected chi connectivity index (χ1v) is 12.7. The van der Waals surface area contributed by atoms with E-state index in [0.717, 1.165) is 15.8 Å². The van der Waals surface area contributed by atoms with Crippen molar-refractivity contribution in [3.8, 4) is 5.75 Å². The third-order valence-electron chi connectivity index (χ3n) is 6.38. The highest BCUT2D eigenvalue weighted by Crippen LogP contribution is 2.45. The number of non-ortho nitro benzene ring substituents is 1. The summed E-state index contributed by atoms with van der Waals surface area (Å²) in [4.78, 5) is 43.5. The highest BCUT2D eigenvalue weighted by molar-refractivity contribution is 7.22.